The minimum Gasteiger partial charge on any atom is -0.491 e. The Bertz CT molecular complexity index is 1230. The number of para-hydroxylation sites is 1. The van der Waals surface area contributed by atoms with Crippen molar-refractivity contribution in [2.45, 2.75) is 20.4 Å². The number of aromatic nitrogens is 4. The average molecular weight is 402 g/mol. The van der Waals surface area contributed by atoms with E-state index in [2.05, 4.69) is 15.3 Å². The van der Waals surface area contributed by atoms with Gasteiger partial charge in [0.05, 0.1) is 23.9 Å². The first kappa shape index (κ1) is 19.4. The number of primary amides is 1. The Hall–Kier alpha value is -3.94. The van der Waals surface area contributed by atoms with E-state index in [9.17, 15) is 4.79 Å². The summed E-state index contributed by atoms with van der Waals surface area (Å²) >= 11 is 0. The highest BCUT2D eigenvalue weighted by Crippen LogP contribution is 2.29. The Morgan fingerprint density at radius 1 is 1.07 bits per heavy atom. The molecule has 0 unspecified atom stereocenters. The number of amides is 1. The molecule has 4 aromatic rings. The summed E-state index contributed by atoms with van der Waals surface area (Å²) in [5, 5.41) is 3.34. The van der Waals surface area contributed by atoms with Crippen LogP contribution in [0.2, 0.25) is 0 Å². The lowest BCUT2D eigenvalue weighted by Crippen LogP contribution is -2.12. The molecule has 0 aliphatic carbocycles. The summed E-state index contributed by atoms with van der Waals surface area (Å²) in [7, 11) is 1.59. The van der Waals surface area contributed by atoms with Gasteiger partial charge in [-0.15, -0.1) is 0 Å². The number of nitrogens with two attached hydrogens (primary N) is 1. The highest BCUT2D eigenvalue weighted by Gasteiger charge is 2.19. The first-order valence-corrected chi connectivity index (χ1v) is 9.48. The number of carbonyl (C=O) groups excluding carboxylic acids is 1. The van der Waals surface area contributed by atoms with Gasteiger partial charge in [0.25, 0.3) is 5.91 Å². The highest BCUT2D eigenvalue weighted by atomic mass is 16.5. The Kier molecular flexibility index (Phi) is 5.05. The number of nitrogens with one attached hydrogen (secondary N) is 1. The number of methoxy groups -OCH3 is 1. The van der Waals surface area contributed by atoms with Crippen molar-refractivity contribution in [2.75, 3.05) is 12.4 Å². The molecule has 2 aromatic carbocycles. The summed E-state index contributed by atoms with van der Waals surface area (Å²) < 4.78 is 7.34. The van der Waals surface area contributed by atoms with Crippen LogP contribution < -0.4 is 15.8 Å². The molecular weight excluding hydrogens is 380 g/mol. The molecule has 8 heteroatoms. The summed E-state index contributed by atoms with van der Waals surface area (Å²) in [6, 6.07) is 15.3. The largest absolute Gasteiger partial charge is 0.491 e. The molecule has 0 spiro atoms. The number of fused-ring (bicyclic) bond motifs is 1. The molecule has 4 rings (SSSR count). The number of ether oxygens (including phenoxy) is 1. The minimum atomic E-state index is -0.526. The van der Waals surface area contributed by atoms with E-state index in [-0.39, 0.29) is 0 Å². The zero-order valence-corrected chi connectivity index (χ0v) is 17.0. The topological polar surface area (TPSA) is 108 Å². The lowest BCUT2D eigenvalue weighted by atomic mass is 10.2. The molecule has 152 valence electrons. The van der Waals surface area contributed by atoms with E-state index in [1.54, 1.807) is 19.2 Å². The first-order valence-electron chi connectivity index (χ1n) is 9.48. The maximum atomic E-state index is 11.8. The number of anilines is 1. The summed E-state index contributed by atoms with van der Waals surface area (Å²) in [6.45, 7) is 4.29. The summed E-state index contributed by atoms with van der Waals surface area (Å²) in [4.78, 5) is 25.7. The normalized spacial score (nSPS) is 10.9. The van der Waals surface area contributed by atoms with E-state index in [0.717, 1.165) is 5.56 Å². The fraction of sp³-hybridized carbons (Fsp3) is 0.182. The van der Waals surface area contributed by atoms with Crippen LogP contribution in [0.5, 0.6) is 5.75 Å². The molecular formula is C22H22N6O2. The smallest absolute Gasteiger partial charge is 0.250 e. The molecule has 3 N–H and O–H groups in total. The van der Waals surface area contributed by atoms with Gasteiger partial charge in [0, 0.05) is 6.54 Å². The van der Waals surface area contributed by atoms with E-state index >= 15 is 0 Å². The van der Waals surface area contributed by atoms with Crippen LogP contribution in [0.25, 0.3) is 17.0 Å². The van der Waals surface area contributed by atoms with Crippen LogP contribution in [0.1, 0.15) is 27.4 Å². The molecule has 0 aliphatic heterocycles. The lowest BCUT2D eigenvalue weighted by molar-refractivity contribution is 0.100. The third-order valence-electron chi connectivity index (χ3n) is 4.85. The predicted molar refractivity (Wildman–Crippen MR) is 115 cm³/mol. The van der Waals surface area contributed by atoms with E-state index < -0.39 is 5.91 Å². The molecule has 1 amide bonds. The van der Waals surface area contributed by atoms with Crippen molar-refractivity contribution in [2.24, 2.45) is 5.73 Å². The third kappa shape index (κ3) is 3.43. The zero-order valence-electron chi connectivity index (χ0n) is 17.0. The highest BCUT2D eigenvalue weighted by molar-refractivity contribution is 6.04. The Morgan fingerprint density at radius 2 is 1.83 bits per heavy atom. The molecule has 2 aromatic heterocycles. The van der Waals surface area contributed by atoms with Crippen LogP contribution in [0.4, 0.5) is 5.82 Å². The van der Waals surface area contributed by atoms with Crippen molar-refractivity contribution in [3.63, 3.8) is 0 Å². The van der Waals surface area contributed by atoms with Gasteiger partial charge in [-0.25, -0.2) is 9.97 Å². The second kappa shape index (κ2) is 7.82. The van der Waals surface area contributed by atoms with E-state index in [4.69, 9.17) is 15.5 Å². The molecule has 8 nitrogen and oxygen atoms in total. The second-order valence-corrected chi connectivity index (χ2v) is 6.86. The number of nitrogens with zero attached hydrogens (tertiary/aromatic N) is 4. The van der Waals surface area contributed by atoms with E-state index in [1.165, 1.54) is 0 Å². The maximum absolute atomic E-state index is 11.8. The van der Waals surface area contributed by atoms with Crippen LogP contribution >= 0.6 is 0 Å². The number of carbonyl (C=O) groups is 1. The Balaban J connectivity index is 1.82. The van der Waals surface area contributed by atoms with Gasteiger partial charge in [-0.3, -0.25) is 9.36 Å². The Morgan fingerprint density at radius 3 is 2.53 bits per heavy atom. The molecule has 0 radical (unpaired) electrons. The van der Waals surface area contributed by atoms with E-state index in [1.807, 2.05) is 54.8 Å². The molecule has 30 heavy (non-hydrogen) atoms. The molecule has 0 fully saturated rings. The van der Waals surface area contributed by atoms with Crippen molar-refractivity contribution in [1.82, 2.24) is 19.5 Å². The van der Waals surface area contributed by atoms with Crippen LogP contribution in [-0.4, -0.2) is 32.5 Å². The monoisotopic (exact) mass is 402 g/mol. The lowest BCUT2D eigenvalue weighted by Gasteiger charge is -2.15. The van der Waals surface area contributed by atoms with Gasteiger partial charge in [0.1, 0.15) is 11.3 Å². The van der Waals surface area contributed by atoms with Crippen LogP contribution in [0.15, 0.2) is 48.5 Å². The van der Waals surface area contributed by atoms with Crippen molar-refractivity contribution < 1.29 is 9.53 Å². The Labute approximate surface area is 173 Å². The van der Waals surface area contributed by atoms with Crippen molar-refractivity contribution in [3.05, 3.63) is 71.2 Å². The van der Waals surface area contributed by atoms with Crippen LogP contribution in [0.3, 0.4) is 0 Å². The first-order chi connectivity index (χ1) is 14.5. The molecule has 0 saturated carbocycles. The van der Waals surface area contributed by atoms with Crippen molar-refractivity contribution in [3.8, 4) is 11.7 Å². The second-order valence-electron chi connectivity index (χ2n) is 6.86. The number of hydrogen-bond donors (Lipinski definition) is 2. The van der Waals surface area contributed by atoms with Gasteiger partial charge in [-0.05, 0) is 31.5 Å². The van der Waals surface area contributed by atoms with E-state index in [0.29, 0.717) is 52.2 Å². The van der Waals surface area contributed by atoms with Gasteiger partial charge in [-0.1, -0.05) is 36.4 Å². The summed E-state index contributed by atoms with van der Waals surface area (Å²) in [5.74, 6) is 1.72. The third-order valence-corrected chi connectivity index (χ3v) is 4.85. The summed E-state index contributed by atoms with van der Waals surface area (Å²) in [5.41, 5.74) is 8.92. The predicted octanol–water partition coefficient (Wildman–Crippen LogP) is 3.15. The number of imidazole rings is 1. The number of aryl methyl sites for hydroxylation is 2. The van der Waals surface area contributed by atoms with Crippen molar-refractivity contribution in [1.29, 1.82) is 0 Å². The zero-order chi connectivity index (χ0) is 21.3. The molecule has 0 aliphatic rings. The number of hydrogen-bond acceptors (Lipinski definition) is 6. The van der Waals surface area contributed by atoms with Gasteiger partial charge in [0.2, 0.25) is 5.95 Å². The summed E-state index contributed by atoms with van der Waals surface area (Å²) in [6.07, 6.45) is 0. The molecule has 0 bridgehead atoms. The van der Waals surface area contributed by atoms with Crippen LogP contribution in [0, 0.1) is 13.8 Å². The quantitative estimate of drug-likeness (QED) is 0.513. The molecule has 0 saturated heterocycles. The maximum Gasteiger partial charge on any atom is 0.250 e. The standard InChI is InChI=1S/C22H22N6O2/c1-13-19(30-3)21(24-12-15-8-5-4-6-9-15)27-22(25-13)28-14(2)26-18-16(20(23)29)10-7-11-17(18)28/h4-11H,12H2,1-3H3,(H2,23,29)(H,24,25,27). The number of benzene rings is 2. The fourth-order valence-electron chi connectivity index (χ4n) is 3.46. The van der Waals surface area contributed by atoms with Gasteiger partial charge in [0.15, 0.2) is 11.6 Å². The minimum absolute atomic E-state index is 0.363. The van der Waals surface area contributed by atoms with Crippen molar-refractivity contribution >= 4 is 22.8 Å². The fourth-order valence-corrected chi connectivity index (χ4v) is 3.46. The number of rotatable bonds is 6. The van der Waals surface area contributed by atoms with Gasteiger partial charge < -0.3 is 15.8 Å². The molecule has 2 heterocycles. The van der Waals surface area contributed by atoms with Gasteiger partial charge in [-0.2, -0.15) is 4.98 Å². The van der Waals surface area contributed by atoms with Gasteiger partial charge >= 0.3 is 0 Å². The SMILES string of the molecule is COc1c(C)nc(-n2c(C)nc3c(C(N)=O)cccc32)nc1NCc1ccccc1. The molecule has 0 atom stereocenters. The van der Waals surface area contributed by atoms with Crippen LogP contribution in [-0.2, 0) is 6.54 Å². The average Bonchev–Trinajstić information content (AvgIpc) is 3.08.